The second-order valence-corrected chi connectivity index (χ2v) is 13.8. The third-order valence-electron chi connectivity index (χ3n) is 8.01. The number of amides is 2. The number of ether oxygens (including phenoxy) is 1. The van der Waals surface area contributed by atoms with Gasteiger partial charge in [0.1, 0.15) is 24.3 Å². The standard InChI is InChI=1S/C32H42F3N7O4/c1-18(2)15-46-29(45)39-25(30(4,5)6)20-8-24(27(44)42(14-20)16-32(33,34)35)26(43)38-23-10-21(9-22(36)11-23)31(12-19(3)13-31)28-40-37-17-41(28)7/h8-11,14,17-19,25H,12-13,15-16,36H2,1-7H3,(H,38,43)(H,39,45). The Bertz CT molecular complexity index is 1650. The van der Waals surface area contributed by atoms with E-state index in [2.05, 4.69) is 27.8 Å². The van der Waals surface area contributed by atoms with Gasteiger partial charge in [-0.05, 0) is 65.5 Å². The molecule has 2 amide bonds. The van der Waals surface area contributed by atoms with Gasteiger partial charge in [-0.1, -0.05) is 41.5 Å². The lowest BCUT2D eigenvalue weighted by atomic mass is 9.58. The quantitative estimate of drug-likeness (QED) is 0.258. The molecule has 0 bridgehead atoms. The molecule has 0 saturated heterocycles. The highest BCUT2D eigenvalue weighted by Crippen LogP contribution is 2.52. The maximum Gasteiger partial charge on any atom is 0.407 e. The van der Waals surface area contributed by atoms with Crippen molar-refractivity contribution in [2.45, 2.75) is 78.6 Å². The molecule has 0 radical (unpaired) electrons. The first kappa shape index (κ1) is 34.5. The average Bonchev–Trinajstić information content (AvgIpc) is 3.33. The molecule has 4 rings (SSSR count). The van der Waals surface area contributed by atoms with Crippen LogP contribution in [0.2, 0.25) is 0 Å². The summed E-state index contributed by atoms with van der Waals surface area (Å²) in [6.07, 6.45) is -1.37. The van der Waals surface area contributed by atoms with Crippen molar-refractivity contribution >= 4 is 23.4 Å². The maximum absolute atomic E-state index is 13.7. The van der Waals surface area contributed by atoms with E-state index in [0.29, 0.717) is 16.2 Å². The third kappa shape index (κ3) is 7.71. The Morgan fingerprint density at radius 3 is 2.37 bits per heavy atom. The zero-order valence-electron chi connectivity index (χ0n) is 27.2. The van der Waals surface area contributed by atoms with E-state index < -0.39 is 52.7 Å². The summed E-state index contributed by atoms with van der Waals surface area (Å²) in [7, 11) is 1.84. The molecule has 0 aliphatic heterocycles. The molecule has 46 heavy (non-hydrogen) atoms. The van der Waals surface area contributed by atoms with E-state index in [1.807, 2.05) is 25.5 Å². The molecular weight excluding hydrogens is 603 g/mol. The second kappa shape index (κ2) is 12.8. The fourth-order valence-electron chi connectivity index (χ4n) is 6.08. The van der Waals surface area contributed by atoms with E-state index in [-0.39, 0.29) is 23.8 Å². The molecule has 1 aliphatic carbocycles. The largest absolute Gasteiger partial charge is 0.449 e. The van der Waals surface area contributed by atoms with Gasteiger partial charge in [0, 0.05) is 24.6 Å². The average molecular weight is 646 g/mol. The van der Waals surface area contributed by atoms with Crippen LogP contribution in [0.1, 0.15) is 87.7 Å². The lowest BCUT2D eigenvalue weighted by Gasteiger charge is -2.46. The Labute approximate surface area is 265 Å². The highest BCUT2D eigenvalue weighted by molar-refractivity contribution is 6.04. The molecule has 2 heterocycles. The number of benzene rings is 1. The minimum absolute atomic E-state index is 0.0540. The van der Waals surface area contributed by atoms with E-state index in [1.165, 1.54) is 12.1 Å². The number of halogens is 3. The Kier molecular flexibility index (Phi) is 9.60. The van der Waals surface area contributed by atoms with Crippen molar-refractivity contribution < 1.29 is 27.5 Å². The van der Waals surface area contributed by atoms with E-state index in [1.54, 1.807) is 39.2 Å². The Morgan fingerprint density at radius 2 is 1.83 bits per heavy atom. The molecule has 1 aliphatic rings. The molecular formula is C32H42F3N7O4. The van der Waals surface area contributed by atoms with Crippen molar-refractivity contribution in [2.24, 2.45) is 24.3 Å². The zero-order valence-corrected chi connectivity index (χ0v) is 27.2. The van der Waals surface area contributed by atoms with Crippen molar-refractivity contribution in [2.75, 3.05) is 17.7 Å². The number of aromatic nitrogens is 4. The van der Waals surface area contributed by atoms with Gasteiger partial charge >= 0.3 is 12.3 Å². The minimum Gasteiger partial charge on any atom is -0.449 e. The first-order valence-corrected chi connectivity index (χ1v) is 15.1. The summed E-state index contributed by atoms with van der Waals surface area (Å²) >= 11 is 0. The van der Waals surface area contributed by atoms with Gasteiger partial charge in [0.05, 0.1) is 18.1 Å². The monoisotopic (exact) mass is 645 g/mol. The van der Waals surface area contributed by atoms with Crippen molar-refractivity contribution in [3.05, 3.63) is 69.7 Å². The number of aryl methyl sites for hydroxylation is 1. The summed E-state index contributed by atoms with van der Waals surface area (Å²) in [6.45, 7) is 9.63. The smallest absolute Gasteiger partial charge is 0.407 e. The van der Waals surface area contributed by atoms with Crippen LogP contribution in [0.3, 0.4) is 0 Å². The normalized spacial score (nSPS) is 19.0. The predicted octanol–water partition coefficient (Wildman–Crippen LogP) is 5.56. The summed E-state index contributed by atoms with van der Waals surface area (Å²) in [4.78, 5) is 39.6. The van der Waals surface area contributed by atoms with Crippen molar-refractivity contribution in [1.29, 1.82) is 0 Å². The Hall–Kier alpha value is -4.36. The van der Waals surface area contributed by atoms with E-state index >= 15 is 0 Å². The number of nitrogen functional groups attached to an aromatic ring is 1. The van der Waals surface area contributed by atoms with Gasteiger partial charge in [0.15, 0.2) is 0 Å². The van der Waals surface area contributed by atoms with Crippen LogP contribution >= 0.6 is 0 Å². The predicted molar refractivity (Wildman–Crippen MR) is 167 cm³/mol. The zero-order chi connectivity index (χ0) is 34.2. The summed E-state index contributed by atoms with van der Waals surface area (Å²) < 4.78 is 48.3. The van der Waals surface area contributed by atoms with Crippen molar-refractivity contribution in [3.63, 3.8) is 0 Å². The second-order valence-electron chi connectivity index (χ2n) is 13.8. The topological polar surface area (TPSA) is 146 Å². The summed E-state index contributed by atoms with van der Waals surface area (Å²) in [5.74, 6) is 0.268. The number of alkyl halides is 3. The molecule has 1 atom stereocenters. The molecule has 11 nitrogen and oxygen atoms in total. The number of carbonyl (C=O) groups excluding carboxylic acids is 2. The van der Waals surface area contributed by atoms with Crippen molar-refractivity contribution in [3.8, 4) is 0 Å². The van der Waals surface area contributed by atoms with Crippen LogP contribution in [0.5, 0.6) is 0 Å². The lowest BCUT2D eigenvalue weighted by Crippen LogP contribution is -2.43. The lowest BCUT2D eigenvalue weighted by molar-refractivity contribution is -0.141. The van der Waals surface area contributed by atoms with Crippen LogP contribution in [0.4, 0.5) is 29.3 Å². The van der Waals surface area contributed by atoms with Crippen LogP contribution in [0.25, 0.3) is 0 Å². The first-order valence-electron chi connectivity index (χ1n) is 15.1. The fraction of sp³-hybridized carbons (Fsp3) is 0.531. The molecule has 0 spiro atoms. The number of rotatable bonds is 9. The summed E-state index contributed by atoms with van der Waals surface area (Å²) in [5, 5.41) is 13.7. The van der Waals surface area contributed by atoms with Gasteiger partial charge in [0.25, 0.3) is 11.5 Å². The SMILES string of the molecule is CC(C)COC(=O)NC(c1cc(C(=O)Nc2cc(N)cc(C3(c4nncn4C)CC(C)C3)c2)c(=O)n(CC(F)(F)F)c1)C(C)(C)C. The van der Waals surface area contributed by atoms with Crippen LogP contribution in [0.15, 0.2) is 41.6 Å². The van der Waals surface area contributed by atoms with E-state index in [9.17, 15) is 27.6 Å². The van der Waals surface area contributed by atoms with Gasteiger partial charge < -0.3 is 30.2 Å². The Morgan fingerprint density at radius 1 is 1.15 bits per heavy atom. The van der Waals surface area contributed by atoms with Crippen molar-refractivity contribution in [1.82, 2.24) is 24.6 Å². The van der Waals surface area contributed by atoms with Crippen LogP contribution in [-0.2, 0) is 23.7 Å². The molecule has 1 unspecified atom stereocenters. The number of pyridine rings is 1. The number of carbonyl (C=O) groups is 2. The minimum atomic E-state index is -4.76. The number of nitrogens with zero attached hydrogens (tertiary/aromatic N) is 4. The molecule has 1 fully saturated rings. The maximum atomic E-state index is 13.7. The Balaban J connectivity index is 1.75. The molecule has 1 aromatic carbocycles. The summed E-state index contributed by atoms with van der Waals surface area (Å²) in [6, 6.07) is 5.34. The van der Waals surface area contributed by atoms with Gasteiger partial charge in [0.2, 0.25) is 0 Å². The number of anilines is 2. The van der Waals surface area contributed by atoms with Gasteiger partial charge in [-0.25, -0.2) is 4.79 Å². The van der Waals surface area contributed by atoms with Gasteiger partial charge in [-0.3, -0.25) is 9.59 Å². The third-order valence-corrected chi connectivity index (χ3v) is 8.01. The summed E-state index contributed by atoms with van der Waals surface area (Å²) in [5.41, 5.74) is 4.86. The molecule has 3 aromatic rings. The van der Waals surface area contributed by atoms with Crippen LogP contribution in [0, 0.1) is 17.3 Å². The number of nitrogens with two attached hydrogens (primary N) is 1. The highest BCUT2D eigenvalue weighted by atomic mass is 19.4. The highest BCUT2D eigenvalue weighted by Gasteiger charge is 2.48. The number of hydrogen-bond donors (Lipinski definition) is 3. The first-order chi connectivity index (χ1) is 21.3. The van der Waals surface area contributed by atoms with Gasteiger partial charge in [-0.2, -0.15) is 13.2 Å². The van der Waals surface area contributed by atoms with Crippen LogP contribution in [-0.4, -0.2) is 44.1 Å². The fourth-order valence-corrected chi connectivity index (χ4v) is 6.08. The molecule has 2 aromatic heterocycles. The molecule has 1 saturated carbocycles. The number of hydrogen-bond acceptors (Lipinski definition) is 7. The number of nitrogens with one attached hydrogen (secondary N) is 2. The van der Waals surface area contributed by atoms with E-state index in [0.717, 1.165) is 30.4 Å². The number of alkyl carbamates (subject to hydrolysis) is 1. The van der Waals surface area contributed by atoms with Gasteiger partial charge in [-0.15, -0.1) is 10.2 Å². The molecule has 250 valence electrons. The molecule has 14 heteroatoms. The van der Waals surface area contributed by atoms with Crippen LogP contribution < -0.4 is 21.9 Å². The molecule has 4 N–H and O–H groups in total. The van der Waals surface area contributed by atoms with E-state index in [4.69, 9.17) is 10.5 Å².